The summed E-state index contributed by atoms with van der Waals surface area (Å²) in [5.41, 5.74) is 3.86. The summed E-state index contributed by atoms with van der Waals surface area (Å²) in [4.78, 5) is 27.9. The fourth-order valence-corrected chi connectivity index (χ4v) is 6.02. The molecule has 0 bridgehead atoms. The van der Waals surface area contributed by atoms with Crippen molar-refractivity contribution in [1.29, 1.82) is 5.26 Å². The van der Waals surface area contributed by atoms with Gasteiger partial charge in [-0.1, -0.05) is 30.4 Å². The van der Waals surface area contributed by atoms with Crippen LogP contribution in [0.1, 0.15) is 41.2 Å². The molecule has 9 nitrogen and oxygen atoms in total. The van der Waals surface area contributed by atoms with Crippen molar-refractivity contribution < 1.29 is 22.7 Å². The van der Waals surface area contributed by atoms with Gasteiger partial charge in [0.1, 0.15) is 12.1 Å². The molecule has 2 aromatic rings. The third-order valence-corrected chi connectivity index (χ3v) is 8.35. The minimum atomic E-state index is -4.09. The summed E-state index contributed by atoms with van der Waals surface area (Å²) in [7, 11) is -4.09. The van der Waals surface area contributed by atoms with Gasteiger partial charge in [-0.3, -0.25) is 4.79 Å². The molecule has 2 aliphatic rings. The minimum Gasteiger partial charge on any atom is -0.464 e. The van der Waals surface area contributed by atoms with Gasteiger partial charge in [0.15, 0.2) is 0 Å². The number of rotatable bonds is 8. The molecule has 1 amide bonds. The maximum Gasteiger partial charge on any atom is 0.329 e. The van der Waals surface area contributed by atoms with Crippen LogP contribution in [0.25, 0.3) is 0 Å². The molecule has 2 aromatic carbocycles. The molecule has 2 N–H and O–H groups in total. The van der Waals surface area contributed by atoms with Gasteiger partial charge in [0, 0.05) is 13.1 Å². The number of nitrogens with one attached hydrogen (secondary N) is 2. The van der Waals surface area contributed by atoms with Gasteiger partial charge in [-0.25, -0.2) is 13.2 Å². The lowest BCUT2D eigenvalue weighted by Crippen LogP contribution is -2.55. The molecule has 10 heteroatoms. The van der Waals surface area contributed by atoms with Gasteiger partial charge in [0.25, 0.3) is 0 Å². The average molecular weight is 537 g/mol. The number of amides is 1. The Kier molecular flexibility index (Phi) is 8.62. The Morgan fingerprint density at radius 2 is 2.03 bits per heavy atom. The molecule has 200 valence electrons. The van der Waals surface area contributed by atoms with E-state index in [0.29, 0.717) is 17.7 Å². The molecule has 0 fully saturated rings. The van der Waals surface area contributed by atoms with Gasteiger partial charge >= 0.3 is 5.97 Å². The number of carbonyl (C=O) groups is 2. The highest BCUT2D eigenvalue weighted by Gasteiger charge is 2.37. The van der Waals surface area contributed by atoms with Crippen LogP contribution in [-0.2, 0) is 43.7 Å². The molecule has 2 atom stereocenters. The maximum atomic E-state index is 13.9. The largest absolute Gasteiger partial charge is 0.464 e. The Morgan fingerprint density at radius 1 is 1.21 bits per heavy atom. The quantitative estimate of drug-likeness (QED) is 0.391. The number of ether oxygens (including phenoxy) is 1. The first-order chi connectivity index (χ1) is 18.2. The Balaban J connectivity index is 1.67. The van der Waals surface area contributed by atoms with E-state index in [9.17, 15) is 23.3 Å². The number of hydrogen-bond donors (Lipinski definition) is 2. The monoisotopic (exact) mass is 536 g/mol. The topological polar surface area (TPSA) is 129 Å². The van der Waals surface area contributed by atoms with Crippen molar-refractivity contribution >= 4 is 21.9 Å². The number of nitrogens with zero attached hydrogens (tertiary/aromatic N) is 2. The molecule has 0 aromatic heterocycles. The molecule has 0 saturated heterocycles. The molecule has 2 heterocycles. The molecule has 38 heavy (non-hydrogen) atoms. The lowest BCUT2D eigenvalue weighted by atomic mass is 9.99. The van der Waals surface area contributed by atoms with Crippen LogP contribution < -0.4 is 10.0 Å². The third kappa shape index (κ3) is 6.13. The predicted octanol–water partition coefficient (Wildman–Crippen LogP) is 2.12. The summed E-state index contributed by atoms with van der Waals surface area (Å²) in [6, 6.07) is 10.3. The highest BCUT2D eigenvalue weighted by Crippen LogP contribution is 2.22. The Bertz CT molecular complexity index is 1400. The smallest absolute Gasteiger partial charge is 0.329 e. The first-order valence-electron chi connectivity index (χ1n) is 12.7. The van der Waals surface area contributed by atoms with Crippen molar-refractivity contribution in [2.24, 2.45) is 0 Å². The van der Waals surface area contributed by atoms with Crippen molar-refractivity contribution in [3.05, 3.63) is 76.4 Å². The number of carbonyl (C=O) groups excluding carboxylic acids is 2. The molecule has 0 radical (unpaired) electrons. The van der Waals surface area contributed by atoms with Crippen LogP contribution in [0.4, 0.5) is 0 Å². The molecular weight excluding hydrogens is 504 g/mol. The number of fused-ring (bicyclic) bond motifs is 1. The molecule has 4 rings (SSSR count). The minimum absolute atomic E-state index is 0.00921. The van der Waals surface area contributed by atoms with Crippen molar-refractivity contribution in [2.75, 3.05) is 19.7 Å². The average Bonchev–Trinajstić information content (AvgIpc) is 2.93. The second-order valence-corrected chi connectivity index (χ2v) is 11.2. The van der Waals surface area contributed by atoms with Gasteiger partial charge in [0.2, 0.25) is 15.9 Å². The Labute approximate surface area is 223 Å². The zero-order valence-electron chi connectivity index (χ0n) is 21.6. The van der Waals surface area contributed by atoms with Crippen molar-refractivity contribution in [1.82, 2.24) is 14.9 Å². The lowest BCUT2D eigenvalue weighted by molar-refractivity contribution is -0.155. The summed E-state index contributed by atoms with van der Waals surface area (Å²) >= 11 is 0. The van der Waals surface area contributed by atoms with E-state index in [-0.39, 0.29) is 30.9 Å². The number of sulfonamides is 1. The SMILES string of the molecule is CCOC(=O)[C@H]1CC=CCN1C(=O)[C@H](Cc1ccc(C)c(C#N)c1)NS(=O)(=O)c1ccc2c(c1)CNCC2. The van der Waals surface area contributed by atoms with E-state index in [1.54, 1.807) is 43.3 Å². The van der Waals surface area contributed by atoms with Gasteiger partial charge in [-0.15, -0.1) is 0 Å². The summed E-state index contributed by atoms with van der Waals surface area (Å²) in [6.45, 7) is 5.23. The van der Waals surface area contributed by atoms with Crippen molar-refractivity contribution in [3.63, 3.8) is 0 Å². The normalized spacial score (nSPS) is 17.8. The number of benzene rings is 2. The van der Waals surface area contributed by atoms with Crippen LogP contribution in [0.2, 0.25) is 0 Å². The van der Waals surface area contributed by atoms with E-state index in [4.69, 9.17) is 4.74 Å². The van der Waals surface area contributed by atoms with Gasteiger partial charge in [0.05, 0.1) is 23.1 Å². The van der Waals surface area contributed by atoms with E-state index in [2.05, 4.69) is 16.1 Å². The Hall–Kier alpha value is -3.52. The van der Waals surface area contributed by atoms with Gasteiger partial charge in [-0.05, 0) is 80.1 Å². The second kappa shape index (κ2) is 11.9. The van der Waals surface area contributed by atoms with E-state index in [1.165, 1.54) is 4.90 Å². The molecule has 0 unspecified atom stereocenters. The molecule has 2 aliphatic heterocycles. The molecule has 0 spiro atoms. The fourth-order valence-electron chi connectivity index (χ4n) is 4.78. The van der Waals surface area contributed by atoms with Crippen LogP contribution in [0.5, 0.6) is 0 Å². The van der Waals surface area contributed by atoms with Gasteiger partial charge in [-0.2, -0.15) is 9.98 Å². The van der Waals surface area contributed by atoms with Crippen molar-refractivity contribution in [2.45, 2.75) is 56.6 Å². The third-order valence-electron chi connectivity index (χ3n) is 6.88. The molecule has 0 saturated carbocycles. The molecule has 0 aliphatic carbocycles. The first kappa shape index (κ1) is 27.5. The summed E-state index contributed by atoms with van der Waals surface area (Å²) < 4.78 is 34.9. The second-order valence-electron chi connectivity index (χ2n) is 9.46. The van der Waals surface area contributed by atoms with Crippen LogP contribution in [0.3, 0.4) is 0 Å². The number of aryl methyl sites for hydroxylation is 1. The van der Waals surface area contributed by atoms with E-state index >= 15 is 0 Å². The van der Waals surface area contributed by atoms with Gasteiger partial charge < -0.3 is 15.0 Å². The number of esters is 1. The fraction of sp³-hybridized carbons (Fsp3) is 0.393. The van der Waals surface area contributed by atoms with E-state index in [1.807, 2.05) is 19.1 Å². The summed E-state index contributed by atoms with van der Waals surface area (Å²) in [5, 5.41) is 12.7. The van der Waals surface area contributed by atoms with E-state index < -0.39 is 34.0 Å². The number of hydrogen-bond acceptors (Lipinski definition) is 7. The standard InChI is InChI=1S/C28H32N4O5S/c1-3-37-28(34)26-6-4-5-13-32(26)27(33)25(15-20-8-7-19(2)22(14-20)17-29)31-38(35,36)24-10-9-21-11-12-30-18-23(21)16-24/h4-5,7-10,14,16,25-26,30-31H,3,6,11-13,15,18H2,1-2H3/t25-,26+/m0/s1. The highest BCUT2D eigenvalue weighted by molar-refractivity contribution is 7.89. The van der Waals surface area contributed by atoms with Crippen molar-refractivity contribution in [3.8, 4) is 6.07 Å². The Morgan fingerprint density at radius 3 is 2.79 bits per heavy atom. The first-order valence-corrected chi connectivity index (χ1v) is 14.2. The van der Waals surface area contributed by atoms with Crippen LogP contribution in [0.15, 0.2) is 53.4 Å². The zero-order valence-corrected chi connectivity index (χ0v) is 22.4. The van der Waals surface area contributed by atoms with Crippen LogP contribution in [-0.4, -0.2) is 57.0 Å². The summed E-state index contributed by atoms with van der Waals surface area (Å²) in [6.07, 6.45) is 4.69. The molecular formula is C28H32N4O5S. The lowest BCUT2D eigenvalue weighted by Gasteiger charge is -2.34. The van der Waals surface area contributed by atoms with E-state index in [0.717, 1.165) is 29.7 Å². The zero-order chi connectivity index (χ0) is 27.3. The summed E-state index contributed by atoms with van der Waals surface area (Å²) in [5.74, 6) is -1.06. The van der Waals surface area contributed by atoms with Crippen LogP contribution in [0, 0.1) is 18.3 Å². The van der Waals surface area contributed by atoms with Crippen LogP contribution >= 0.6 is 0 Å². The highest BCUT2D eigenvalue weighted by atomic mass is 32.2. The predicted molar refractivity (Wildman–Crippen MR) is 141 cm³/mol. The number of nitriles is 1. The maximum absolute atomic E-state index is 13.9.